The summed E-state index contributed by atoms with van der Waals surface area (Å²) in [5, 5.41) is 2.58. The van der Waals surface area contributed by atoms with E-state index >= 15 is 0 Å². The molecule has 0 saturated heterocycles. The summed E-state index contributed by atoms with van der Waals surface area (Å²) in [6, 6.07) is 5.37. The van der Waals surface area contributed by atoms with Gasteiger partial charge >= 0.3 is 0 Å². The molecule has 1 aromatic carbocycles. The lowest BCUT2D eigenvalue weighted by Crippen LogP contribution is -2.33. The molecule has 3 aromatic rings. The van der Waals surface area contributed by atoms with Crippen molar-refractivity contribution in [2.24, 2.45) is 0 Å². The highest BCUT2D eigenvalue weighted by Crippen LogP contribution is 2.16. The average molecular weight is 350 g/mol. The lowest BCUT2D eigenvalue weighted by atomic mass is 10.1. The topological polar surface area (TPSA) is 93.0 Å². The molecule has 4 rings (SSSR count). The normalized spacial score (nSPS) is 14.0. The van der Waals surface area contributed by atoms with Crippen LogP contribution in [0.4, 0.5) is 0 Å². The second kappa shape index (κ2) is 6.55. The van der Waals surface area contributed by atoms with Gasteiger partial charge < -0.3 is 14.8 Å². The number of fused-ring (bicyclic) bond motifs is 2. The summed E-state index contributed by atoms with van der Waals surface area (Å²) in [7, 11) is 1.58. The van der Waals surface area contributed by atoms with Crippen molar-refractivity contribution < 1.29 is 9.59 Å². The molecule has 2 aromatic heterocycles. The molecule has 3 heterocycles. The molecule has 0 radical (unpaired) electrons. The van der Waals surface area contributed by atoms with Crippen molar-refractivity contribution >= 4 is 22.8 Å². The van der Waals surface area contributed by atoms with Gasteiger partial charge in [-0.1, -0.05) is 0 Å². The van der Waals surface area contributed by atoms with Crippen molar-refractivity contribution in [2.45, 2.75) is 13.0 Å². The van der Waals surface area contributed by atoms with E-state index in [0.29, 0.717) is 42.8 Å². The number of carbonyl (C=O) groups excluding carboxylic acids is 2. The quantitative estimate of drug-likeness (QED) is 0.741. The predicted molar refractivity (Wildman–Crippen MR) is 94.8 cm³/mol. The highest BCUT2D eigenvalue weighted by molar-refractivity contribution is 5.97. The maximum atomic E-state index is 12.9. The van der Waals surface area contributed by atoms with Gasteiger partial charge in [-0.15, -0.1) is 0 Å². The van der Waals surface area contributed by atoms with Gasteiger partial charge in [-0.2, -0.15) is 0 Å². The van der Waals surface area contributed by atoms with E-state index in [1.165, 1.54) is 0 Å². The zero-order chi connectivity index (χ0) is 18.1. The summed E-state index contributed by atoms with van der Waals surface area (Å²) in [5.74, 6) is 0.592. The fourth-order valence-electron chi connectivity index (χ4n) is 3.14. The number of hydrogen-bond acceptors (Lipinski definition) is 5. The number of benzene rings is 1. The van der Waals surface area contributed by atoms with Crippen LogP contribution in [0.1, 0.15) is 26.7 Å². The summed E-state index contributed by atoms with van der Waals surface area (Å²) < 4.78 is 1.95. The van der Waals surface area contributed by atoms with Crippen molar-refractivity contribution in [1.82, 2.24) is 29.7 Å². The van der Waals surface area contributed by atoms with Crippen LogP contribution in [0.15, 0.2) is 36.8 Å². The highest BCUT2D eigenvalue weighted by atomic mass is 16.2. The molecule has 0 aliphatic carbocycles. The molecule has 26 heavy (non-hydrogen) atoms. The molecule has 8 nitrogen and oxygen atoms in total. The number of hydrogen-bond donors (Lipinski definition) is 1. The lowest BCUT2D eigenvalue weighted by Gasteiger charge is -2.20. The van der Waals surface area contributed by atoms with Gasteiger partial charge in [0.25, 0.3) is 11.8 Å². The molecule has 1 aliphatic heterocycles. The van der Waals surface area contributed by atoms with E-state index in [1.807, 2.05) is 15.5 Å². The van der Waals surface area contributed by atoms with Crippen LogP contribution >= 0.6 is 0 Å². The minimum absolute atomic E-state index is 0.0326. The van der Waals surface area contributed by atoms with Gasteiger partial charge in [0, 0.05) is 57.3 Å². The Bertz CT molecular complexity index is 971. The van der Waals surface area contributed by atoms with E-state index in [9.17, 15) is 9.59 Å². The summed E-state index contributed by atoms with van der Waals surface area (Å²) in [4.78, 5) is 39.3. The zero-order valence-corrected chi connectivity index (χ0v) is 14.3. The fraction of sp³-hybridized carbons (Fsp3) is 0.278. The molecule has 0 fully saturated rings. The average Bonchev–Trinajstić information content (AvgIpc) is 2.99. The Labute approximate surface area is 149 Å². The molecule has 1 aliphatic rings. The van der Waals surface area contributed by atoms with Crippen LogP contribution in [0, 0.1) is 0 Å². The van der Waals surface area contributed by atoms with Gasteiger partial charge in [0.2, 0.25) is 0 Å². The maximum absolute atomic E-state index is 12.9. The minimum atomic E-state index is -0.198. The SMILES string of the molecule is CNC(=O)c1cn2c(n1)CCN(C(=O)c1ccc3nccnc3c1)CC2. The van der Waals surface area contributed by atoms with Crippen LogP contribution in [0.2, 0.25) is 0 Å². The van der Waals surface area contributed by atoms with E-state index in [-0.39, 0.29) is 11.8 Å². The van der Waals surface area contributed by atoms with Crippen LogP contribution in [0.3, 0.4) is 0 Å². The first-order valence-corrected chi connectivity index (χ1v) is 8.44. The monoisotopic (exact) mass is 350 g/mol. The van der Waals surface area contributed by atoms with Gasteiger partial charge in [-0.25, -0.2) is 4.98 Å². The largest absolute Gasteiger partial charge is 0.354 e. The second-order valence-electron chi connectivity index (χ2n) is 6.12. The second-order valence-corrected chi connectivity index (χ2v) is 6.12. The van der Waals surface area contributed by atoms with Gasteiger partial charge in [0.15, 0.2) is 0 Å². The molecule has 0 saturated carbocycles. The van der Waals surface area contributed by atoms with Crippen molar-refractivity contribution in [1.29, 1.82) is 0 Å². The van der Waals surface area contributed by atoms with Crippen LogP contribution < -0.4 is 5.32 Å². The Morgan fingerprint density at radius 2 is 1.88 bits per heavy atom. The molecular formula is C18H18N6O2. The number of nitrogens with zero attached hydrogens (tertiary/aromatic N) is 5. The molecule has 2 amide bonds. The first-order chi connectivity index (χ1) is 12.7. The summed E-state index contributed by atoms with van der Waals surface area (Å²) in [6.07, 6.45) is 5.60. The number of amides is 2. The van der Waals surface area contributed by atoms with Crippen LogP contribution in [-0.4, -0.2) is 56.4 Å². The van der Waals surface area contributed by atoms with E-state index in [1.54, 1.807) is 37.8 Å². The summed E-state index contributed by atoms with van der Waals surface area (Å²) >= 11 is 0. The van der Waals surface area contributed by atoms with Gasteiger partial charge in [0.1, 0.15) is 11.5 Å². The summed E-state index contributed by atoms with van der Waals surface area (Å²) in [5.41, 5.74) is 2.48. The predicted octanol–water partition coefficient (Wildman–Crippen LogP) is 0.884. The molecule has 1 N–H and O–H groups in total. The number of rotatable bonds is 2. The van der Waals surface area contributed by atoms with Crippen molar-refractivity contribution in [2.75, 3.05) is 20.1 Å². The van der Waals surface area contributed by atoms with Crippen LogP contribution in [0.25, 0.3) is 11.0 Å². The third-order valence-corrected chi connectivity index (χ3v) is 4.54. The third kappa shape index (κ3) is 2.90. The van der Waals surface area contributed by atoms with Crippen molar-refractivity contribution in [3.8, 4) is 0 Å². The standard InChI is InChI=1S/C18H18N6O2/c1-19-17(25)15-11-24-9-8-23(7-4-16(24)22-15)18(26)12-2-3-13-14(10-12)21-6-5-20-13/h2-3,5-6,10-11H,4,7-9H2,1H3,(H,19,25). The Morgan fingerprint density at radius 1 is 1.08 bits per heavy atom. The molecular weight excluding hydrogens is 332 g/mol. The number of nitrogens with one attached hydrogen (secondary N) is 1. The number of carbonyl (C=O) groups is 2. The molecule has 8 heteroatoms. The van der Waals surface area contributed by atoms with Gasteiger partial charge in [-0.05, 0) is 18.2 Å². The van der Waals surface area contributed by atoms with Gasteiger partial charge in [-0.3, -0.25) is 19.6 Å². The smallest absolute Gasteiger partial charge is 0.271 e. The Morgan fingerprint density at radius 3 is 2.69 bits per heavy atom. The number of aromatic nitrogens is 4. The van der Waals surface area contributed by atoms with Crippen LogP contribution in [0.5, 0.6) is 0 Å². The molecule has 0 unspecified atom stereocenters. The maximum Gasteiger partial charge on any atom is 0.271 e. The Balaban J connectivity index is 1.52. The lowest BCUT2D eigenvalue weighted by molar-refractivity contribution is 0.0758. The van der Waals surface area contributed by atoms with E-state index < -0.39 is 0 Å². The zero-order valence-electron chi connectivity index (χ0n) is 14.3. The Kier molecular flexibility index (Phi) is 4.08. The third-order valence-electron chi connectivity index (χ3n) is 4.54. The van der Waals surface area contributed by atoms with Crippen molar-refractivity contribution in [3.63, 3.8) is 0 Å². The first kappa shape index (κ1) is 16.2. The molecule has 0 spiro atoms. The molecule has 0 atom stereocenters. The first-order valence-electron chi connectivity index (χ1n) is 8.44. The Hall–Kier alpha value is -3.29. The molecule has 0 bridgehead atoms. The van der Waals surface area contributed by atoms with E-state index in [2.05, 4.69) is 20.3 Å². The summed E-state index contributed by atoms with van der Waals surface area (Å²) in [6.45, 7) is 1.73. The van der Waals surface area contributed by atoms with E-state index in [0.717, 1.165) is 11.3 Å². The van der Waals surface area contributed by atoms with Crippen LogP contribution in [-0.2, 0) is 13.0 Å². The highest BCUT2D eigenvalue weighted by Gasteiger charge is 2.22. The van der Waals surface area contributed by atoms with Gasteiger partial charge in [0.05, 0.1) is 11.0 Å². The number of imidazole rings is 1. The molecule has 132 valence electrons. The van der Waals surface area contributed by atoms with E-state index in [4.69, 9.17) is 0 Å². The fourth-order valence-corrected chi connectivity index (χ4v) is 3.14. The minimum Gasteiger partial charge on any atom is -0.354 e. The van der Waals surface area contributed by atoms with Crippen molar-refractivity contribution in [3.05, 3.63) is 53.9 Å².